The second-order valence-electron chi connectivity index (χ2n) is 7.68. The zero-order valence-electron chi connectivity index (χ0n) is 19.2. The minimum absolute atomic E-state index is 0.200. The minimum atomic E-state index is -0.793. The van der Waals surface area contributed by atoms with Crippen molar-refractivity contribution < 1.29 is 33.3 Å². The predicted octanol–water partition coefficient (Wildman–Crippen LogP) is 0.980. The molecule has 0 aliphatic rings. The molecule has 0 saturated carbocycles. The molecule has 0 aliphatic heterocycles. The quantitative estimate of drug-likeness (QED) is 0.329. The molecule has 10 heteroatoms. The van der Waals surface area contributed by atoms with Crippen LogP contribution in [0.4, 0.5) is 4.79 Å². The van der Waals surface area contributed by atoms with Crippen molar-refractivity contribution in [1.29, 1.82) is 0 Å². The van der Waals surface area contributed by atoms with Gasteiger partial charge in [0.25, 0.3) is 0 Å². The van der Waals surface area contributed by atoms with E-state index in [1.165, 1.54) is 7.05 Å². The van der Waals surface area contributed by atoms with E-state index in [1.807, 2.05) is 6.92 Å². The van der Waals surface area contributed by atoms with Gasteiger partial charge in [0.15, 0.2) is 0 Å². The van der Waals surface area contributed by atoms with Crippen LogP contribution in [-0.2, 0) is 28.5 Å². The monoisotopic (exact) mass is 433 g/mol. The van der Waals surface area contributed by atoms with Gasteiger partial charge in [-0.15, -0.1) is 0 Å². The Morgan fingerprint density at radius 3 is 2.27 bits per heavy atom. The average Bonchev–Trinajstić information content (AvgIpc) is 2.66. The highest BCUT2D eigenvalue weighted by Gasteiger charge is 2.26. The lowest BCUT2D eigenvalue weighted by atomic mass is 10.1. The zero-order valence-corrected chi connectivity index (χ0v) is 19.2. The topological polar surface area (TPSA) is 124 Å². The molecule has 1 unspecified atom stereocenters. The van der Waals surface area contributed by atoms with Crippen molar-refractivity contribution in [3.05, 3.63) is 0 Å². The van der Waals surface area contributed by atoms with Gasteiger partial charge in [0, 0.05) is 20.2 Å². The molecule has 0 radical (unpaired) electrons. The number of amides is 3. The van der Waals surface area contributed by atoms with Crippen molar-refractivity contribution >= 4 is 17.9 Å². The fraction of sp³-hybridized carbons (Fsp3) is 0.850. The number of hydrogen-bond donors (Lipinski definition) is 3. The van der Waals surface area contributed by atoms with E-state index in [2.05, 4.69) is 16.0 Å². The number of alkyl carbamates (subject to hydrolysis) is 1. The van der Waals surface area contributed by atoms with Crippen molar-refractivity contribution in [2.45, 2.75) is 65.2 Å². The van der Waals surface area contributed by atoms with Gasteiger partial charge in [-0.1, -0.05) is 13.3 Å². The average molecular weight is 434 g/mol. The molecule has 0 aliphatic carbocycles. The maximum absolute atomic E-state index is 12.1. The van der Waals surface area contributed by atoms with E-state index in [1.54, 1.807) is 27.7 Å². The van der Waals surface area contributed by atoms with Crippen molar-refractivity contribution in [2.75, 3.05) is 46.6 Å². The van der Waals surface area contributed by atoms with Gasteiger partial charge >= 0.3 is 6.09 Å². The fourth-order valence-corrected chi connectivity index (χ4v) is 2.20. The maximum atomic E-state index is 12.1. The summed E-state index contributed by atoms with van der Waals surface area (Å²) in [7, 11) is 1.51. The van der Waals surface area contributed by atoms with E-state index < -0.39 is 29.7 Å². The number of ether oxygens (including phenoxy) is 4. The second-order valence-corrected chi connectivity index (χ2v) is 7.68. The molecule has 0 aromatic heterocycles. The van der Waals surface area contributed by atoms with Gasteiger partial charge in [0.1, 0.15) is 18.2 Å². The first kappa shape index (κ1) is 28.1. The molecular weight excluding hydrogens is 394 g/mol. The Morgan fingerprint density at radius 2 is 1.67 bits per heavy atom. The molecular formula is C20H39N3O7. The lowest BCUT2D eigenvalue weighted by molar-refractivity contribution is -0.135. The van der Waals surface area contributed by atoms with E-state index in [0.717, 1.165) is 12.8 Å². The molecule has 0 rings (SSSR count). The van der Waals surface area contributed by atoms with Crippen molar-refractivity contribution in [3.63, 3.8) is 0 Å². The Bertz CT molecular complexity index is 509. The van der Waals surface area contributed by atoms with E-state index in [4.69, 9.17) is 18.9 Å². The smallest absolute Gasteiger partial charge is 0.407 e. The van der Waals surface area contributed by atoms with Crippen LogP contribution in [0.25, 0.3) is 0 Å². The van der Waals surface area contributed by atoms with Gasteiger partial charge in [-0.05, 0) is 34.1 Å². The van der Waals surface area contributed by atoms with Crippen LogP contribution in [0, 0.1) is 0 Å². The van der Waals surface area contributed by atoms with Crippen LogP contribution in [0.5, 0.6) is 0 Å². The Hall–Kier alpha value is -1.91. The summed E-state index contributed by atoms with van der Waals surface area (Å²) in [5.41, 5.74) is -0.546. The number of unbranched alkanes of at least 4 members (excludes halogenated alkanes) is 1. The van der Waals surface area contributed by atoms with E-state index >= 15 is 0 Å². The summed E-state index contributed by atoms with van der Waals surface area (Å²) in [6, 6.07) is -0.793. The van der Waals surface area contributed by atoms with Gasteiger partial charge in [-0.2, -0.15) is 0 Å². The number of rotatable bonds is 15. The second kappa shape index (κ2) is 15.9. The Morgan fingerprint density at radius 1 is 1.00 bits per heavy atom. The number of likely N-dealkylation sites (N-methyl/N-ethyl adjacent to an activating group) is 1. The van der Waals surface area contributed by atoms with Gasteiger partial charge in [0.05, 0.1) is 25.9 Å². The lowest BCUT2D eigenvalue weighted by Crippen LogP contribution is -2.53. The number of nitrogens with one attached hydrogen (secondary N) is 3. The SMILES string of the molecule is CCCCOC(C)[C@@H](NC(=O)COCCOCCNC(=O)OC(C)(C)C)C(=O)NC. The molecule has 0 bridgehead atoms. The number of hydrogen-bond acceptors (Lipinski definition) is 7. The molecule has 176 valence electrons. The molecule has 30 heavy (non-hydrogen) atoms. The molecule has 0 saturated heterocycles. The summed E-state index contributed by atoms with van der Waals surface area (Å²) in [6.45, 7) is 10.5. The van der Waals surface area contributed by atoms with Crippen molar-refractivity contribution in [3.8, 4) is 0 Å². The highest BCUT2D eigenvalue weighted by molar-refractivity contribution is 5.88. The Kier molecular flexibility index (Phi) is 14.9. The number of carbonyl (C=O) groups excluding carboxylic acids is 3. The molecule has 0 heterocycles. The third-order valence-corrected chi connectivity index (χ3v) is 3.71. The molecule has 2 atom stereocenters. The van der Waals surface area contributed by atoms with Crippen LogP contribution in [0.2, 0.25) is 0 Å². The summed E-state index contributed by atoms with van der Waals surface area (Å²) in [5.74, 6) is -0.741. The zero-order chi connectivity index (χ0) is 23.0. The Balaban J connectivity index is 3.97. The van der Waals surface area contributed by atoms with Crippen LogP contribution in [0.1, 0.15) is 47.5 Å². The van der Waals surface area contributed by atoms with E-state index in [0.29, 0.717) is 19.8 Å². The summed E-state index contributed by atoms with van der Waals surface area (Å²) in [4.78, 5) is 35.5. The molecule has 3 amide bonds. The fourth-order valence-electron chi connectivity index (χ4n) is 2.20. The first-order valence-corrected chi connectivity index (χ1v) is 10.4. The highest BCUT2D eigenvalue weighted by atomic mass is 16.6. The highest BCUT2D eigenvalue weighted by Crippen LogP contribution is 2.06. The summed E-state index contributed by atoms with van der Waals surface area (Å²) < 4.78 is 21.3. The predicted molar refractivity (Wildman–Crippen MR) is 112 cm³/mol. The maximum Gasteiger partial charge on any atom is 0.407 e. The third-order valence-electron chi connectivity index (χ3n) is 3.71. The standard InChI is InChI=1S/C20H39N3O7/c1-7-8-10-29-15(2)17(18(25)21-6)23-16(24)14-28-13-12-27-11-9-22-19(26)30-20(3,4)5/h15,17H,7-14H2,1-6H3,(H,21,25)(H,22,26)(H,23,24)/t15?,17-/m1/s1. The van der Waals surface area contributed by atoms with Crippen LogP contribution in [-0.4, -0.2) is 82.3 Å². The van der Waals surface area contributed by atoms with Gasteiger partial charge < -0.3 is 34.9 Å². The summed E-state index contributed by atoms with van der Waals surface area (Å²) in [5, 5.41) is 7.73. The lowest BCUT2D eigenvalue weighted by Gasteiger charge is -2.24. The van der Waals surface area contributed by atoms with Crippen LogP contribution in [0.15, 0.2) is 0 Å². The number of carbonyl (C=O) groups is 3. The molecule has 10 nitrogen and oxygen atoms in total. The minimum Gasteiger partial charge on any atom is -0.444 e. The third kappa shape index (κ3) is 15.0. The molecule has 0 aromatic rings. The largest absolute Gasteiger partial charge is 0.444 e. The first-order valence-electron chi connectivity index (χ1n) is 10.4. The van der Waals surface area contributed by atoms with Crippen molar-refractivity contribution in [1.82, 2.24) is 16.0 Å². The molecule has 0 fully saturated rings. The molecule has 0 aromatic carbocycles. The van der Waals surface area contributed by atoms with Gasteiger partial charge in [-0.3, -0.25) is 9.59 Å². The normalized spacial score (nSPS) is 13.3. The van der Waals surface area contributed by atoms with Gasteiger partial charge in [-0.25, -0.2) is 4.79 Å². The summed E-state index contributed by atoms with van der Waals surface area (Å²) >= 11 is 0. The Labute approximate surface area is 179 Å². The van der Waals surface area contributed by atoms with Gasteiger partial charge in [0.2, 0.25) is 11.8 Å². The van der Waals surface area contributed by atoms with Crippen LogP contribution in [0.3, 0.4) is 0 Å². The molecule has 3 N–H and O–H groups in total. The molecule has 0 spiro atoms. The van der Waals surface area contributed by atoms with E-state index in [9.17, 15) is 14.4 Å². The van der Waals surface area contributed by atoms with Crippen LogP contribution >= 0.6 is 0 Å². The van der Waals surface area contributed by atoms with E-state index in [-0.39, 0.29) is 25.7 Å². The summed E-state index contributed by atoms with van der Waals surface area (Å²) in [6.07, 6.45) is 0.908. The van der Waals surface area contributed by atoms with Crippen molar-refractivity contribution in [2.24, 2.45) is 0 Å². The first-order chi connectivity index (χ1) is 14.1. The van der Waals surface area contributed by atoms with Crippen LogP contribution < -0.4 is 16.0 Å².